The van der Waals surface area contributed by atoms with Gasteiger partial charge >= 0.3 is 0 Å². The van der Waals surface area contributed by atoms with Crippen LogP contribution in [-0.4, -0.2) is 39.0 Å². The smallest absolute Gasteiger partial charge is 0.0932 e. The molecule has 3 heteroatoms. The maximum absolute atomic E-state index is 5.88. The van der Waals surface area contributed by atoms with Crippen molar-refractivity contribution in [3.05, 3.63) is 0 Å². The molecule has 0 aromatic carbocycles. The Bertz CT molecular complexity index is 190. The quantitative estimate of drug-likeness (QED) is 0.653. The van der Waals surface area contributed by atoms with E-state index in [2.05, 4.69) is 5.32 Å². The van der Waals surface area contributed by atoms with Crippen LogP contribution in [0.15, 0.2) is 0 Å². The molecular weight excluding hydrogens is 202 g/mol. The zero-order chi connectivity index (χ0) is 11.2. The molecule has 2 aliphatic rings. The fraction of sp³-hybridized carbons (Fsp3) is 1.00. The van der Waals surface area contributed by atoms with Crippen LogP contribution in [0.25, 0.3) is 0 Å². The lowest BCUT2D eigenvalue weighted by Gasteiger charge is -2.26. The molecule has 0 aromatic rings. The van der Waals surface area contributed by atoms with Crippen LogP contribution in [0, 0.1) is 5.92 Å². The Morgan fingerprint density at radius 3 is 2.62 bits per heavy atom. The highest BCUT2D eigenvalue weighted by Crippen LogP contribution is 2.29. The van der Waals surface area contributed by atoms with Crippen LogP contribution in [0.3, 0.4) is 0 Å². The van der Waals surface area contributed by atoms with Gasteiger partial charge in [-0.2, -0.15) is 0 Å². The fourth-order valence-corrected chi connectivity index (χ4v) is 2.12. The molecule has 2 saturated carbocycles. The summed E-state index contributed by atoms with van der Waals surface area (Å²) in [6.07, 6.45) is 8.41. The third-order valence-corrected chi connectivity index (χ3v) is 3.67. The number of hydrogen-bond acceptors (Lipinski definition) is 3. The van der Waals surface area contributed by atoms with Gasteiger partial charge in [-0.15, -0.1) is 0 Å². The standard InChI is InChI=1S/C13H25NO2/c1-15-10-13(9-14-12-5-6-12)16-8-7-11-3-2-4-11/h11-14H,2-10H2,1H3. The van der Waals surface area contributed by atoms with Gasteiger partial charge < -0.3 is 14.8 Å². The molecule has 0 aliphatic heterocycles. The summed E-state index contributed by atoms with van der Waals surface area (Å²) in [5.41, 5.74) is 0. The minimum atomic E-state index is 0.241. The van der Waals surface area contributed by atoms with Gasteiger partial charge in [-0.3, -0.25) is 0 Å². The molecule has 2 fully saturated rings. The molecule has 0 saturated heterocycles. The predicted molar refractivity (Wildman–Crippen MR) is 64.6 cm³/mol. The fourth-order valence-electron chi connectivity index (χ4n) is 2.12. The summed E-state index contributed by atoms with van der Waals surface area (Å²) in [4.78, 5) is 0. The summed E-state index contributed by atoms with van der Waals surface area (Å²) < 4.78 is 11.1. The molecule has 0 radical (unpaired) electrons. The van der Waals surface area contributed by atoms with Gasteiger partial charge in [0, 0.05) is 26.3 Å². The van der Waals surface area contributed by atoms with Crippen molar-refractivity contribution < 1.29 is 9.47 Å². The second kappa shape index (κ2) is 6.58. The lowest BCUT2D eigenvalue weighted by molar-refractivity contribution is -0.00929. The van der Waals surface area contributed by atoms with Crippen molar-refractivity contribution in [1.82, 2.24) is 5.32 Å². The van der Waals surface area contributed by atoms with Crippen LogP contribution in [0.1, 0.15) is 38.5 Å². The zero-order valence-electron chi connectivity index (χ0n) is 10.4. The van der Waals surface area contributed by atoms with Gasteiger partial charge in [-0.05, 0) is 25.2 Å². The average Bonchev–Trinajstić information content (AvgIpc) is 3.01. The van der Waals surface area contributed by atoms with E-state index in [1.807, 2.05) is 0 Å². The molecule has 1 N–H and O–H groups in total. The van der Waals surface area contributed by atoms with Gasteiger partial charge in [-0.25, -0.2) is 0 Å². The number of rotatable bonds is 9. The summed E-state index contributed by atoms with van der Waals surface area (Å²) in [6, 6.07) is 0.759. The molecule has 16 heavy (non-hydrogen) atoms. The summed E-state index contributed by atoms with van der Waals surface area (Å²) >= 11 is 0. The van der Waals surface area contributed by atoms with Gasteiger partial charge in [0.1, 0.15) is 0 Å². The molecule has 0 amide bonds. The SMILES string of the molecule is COCC(CNC1CC1)OCCC1CCC1. The van der Waals surface area contributed by atoms with E-state index in [1.54, 1.807) is 7.11 Å². The van der Waals surface area contributed by atoms with Crippen molar-refractivity contribution in [2.45, 2.75) is 50.7 Å². The van der Waals surface area contributed by atoms with Crippen LogP contribution in [0.4, 0.5) is 0 Å². The van der Waals surface area contributed by atoms with E-state index in [-0.39, 0.29) is 6.10 Å². The molecule has 2 aliphatic carbocycles. The van der Waals surface area contributed by atoms with E-state index in [9.17, 15) is 0 Å². The first-order valence-electron chi connectivity index (χ1n) is 6.72. The highest BCUT2D eigenvalue weighted by atomic mass is 16.5. The van der Waals surface area contributed by atoms with Crippen molar-refractivity contribution in [2.24, 2.45) is 5.92 Å². The normalized spacial score (nSPS) is 23.1. The molecule has 0 bridgehead atoms. The van der Waals surface area contributed by atoms with Gasteiger partial charge in [0.05, 0.1) is 12.7 Å². The van der Waals surface area contributed by atoms with Crippen LogP contribution in [0.2, 0.25) is 0 Å². The van der Waals surface area contributed by atoms with Gasteiger partial charge in [0.25, 0.3) is 0 Å². The molecule has 3 nitrogen and oxygen atoms in total. The Morgan fingerprint density at radius 1 is 1.25 bits per heavy atom. The van der Waals surface area contributed by atoms with Gasteiger partial charge in [0.15, 0.2) is 0 Å². The van der Waals surface area contributed by atoms with Gasteiger partial charge in [0.2, 0.25) is 0 Å². The number of methoxy groups -OCH3 is 1. The highest BCUT2D eigenvalue weighted by molar-refractivity contribution is 4.82. The highest BCUT2D eigenvalue weighted by Gasteiger charge is 2.22. The second-order valence-electron chi connectivity index (χ2n) is 5.22. The molecule has 94 valence electrons. The summed E-state index contributed by atoms with van der Waals surface area (Å²) in [5, 5.41) is 3.50. The maximum Gasteiger partial charge on any atom is 0.0932 e. The largest absolute Gasteiger partial charge is 0.382 e. The average molecular weight is 227 g/mol. The number of ether oxygens (including phenoxy) is 2. The minimum absolute atomic E-state index is 0.241. The Kier molecular flexibility index (Phi) is 5.07. The topological polar surface area (TPSA) is 30.5 Å². The number of hydrogen-bond donors (Lipinski definition) is 1. The molecule has 1 atom stereocenters. The maximum atomic E-state index is 5.88. The monoisotopic (exact) mass is 227 g/mol. The minimum Gasteiger partial charge on any atom is -0.382 e. The van der Waals surface area contributed by atoms with Crippen molar-refractivity contribution in [3.8, 4) is 0 Å². The summed E-state index contributed by atoms with van der Waals surface area (Å²) in [6.45, 7) is 2.57. The third-order valence-electron chi connectivity index (χ3n) is 3.67. The first kappa shape index (κ1) is 12.3. The molecule has 0 heterocycles. The van der Waals surface area contributed by atoms with E-state index < -0.39 is 0 Å². The van der Waals surface area contributed by atoms with Crippen molar-refractivity contribution in [3.63, 3.8) is 0 Å². The van der Waals surface area contributed by atoms with Crippen LogP contribution < -0.4 is 5.32 Å². The van der Waals surface area contributed by atoms with E-state index in [1.165, 1.54) is 38.5 Å². The Labute approximate surface area is 98.9 Å². The zero-order valence-corrected chi connectivity index (χ0v) is 10.4. The van der Waals surface area contributed by atoms with Crippen molar-refractivity contribution in [1.29, 1.82) is 0 Å². The van der Waals surface area contributed by atoms with E-state index in [4.69, 9.17) is 9.47 Å². The van der Waals surface area contributed by atoms with Gasteiger partial charge in [-0.1, -0.05) is 19.3 Å². The summed E-state index contributed by atoms with van der Waals surface area (Å²) in [7, 11) is 1.75. The predicted octanol–water partition coefficient (Wildman–Crippen LogP) is 1.96. The van der Waals surface area contributed by atoms with Crippen LogP contribution >= 0.6 is 0 Å². The molecule has 1 unspecified atom stereocenters. The van der Waals surface area contributed by atoms with E-state index >= 15 is 0 Å². The van der Waals surface area contributed by atoms with Crippen LogP contribution in [-0.2, 0) is 9.47 Å². The summed E-state index contributed by atoms with van der Waals surface area (Å²) in [5.74, 6) is 0.944. The Hall–Kier alpha value is -0.120. The lowest BCUT2D eigenvalue weighted by Crippen LogP contribution is -2.34. The first-order chi connectivity index (χ1) is 7.88. The second-order valence-corrected chi connectivity index (χ2v) is 5.22. The van der Waals surface area contributed by atoms with Crippen LogP contribution in [0.5, 0.6) is 0 Å². The first-order valence-corrected chi connectivity index (χ1v) is 6.72. The van der Waals surface area contributed by atoms with E-state index in [0.29, 0.717) is 6.61 Å². The number of nitrogens with one attached hydrogen (secondary N) is 1. The molecule has 0 aromatic heterocycles. The molecule has 2 rings (SSSR count). The Morgan fingerprint density at radius 2 is 2.06 bits per heavy atom. The van der Waals surface area contributed by atoms with Crippen molar-refractivity contribution in [2.75, 3.05) is 26.9 Å². The molecule has 0 spiro atoms. The third kappa shape index (κ3) is 4.40. The van der Waals surface area contributed by atoms with Crippen molar-refractivity contribution >= 4 is 0 Å². The lowest BCUT2D eigenvalue weighted by atomic mass is 9.83. The van der Waals surface area contributed by atoms with E-state index in [0.717, 1.165) is 25.1 Å². The molecular formula is C13H25NO2. The Balaban J connectivity index is 1.52.